The zero-order chi connectivity index (χ0) is 12.6. The summed E-state index contributed by atoms with van der Waals surface area (Å²) in [6.45, 7) is 0. The fourth-order valence-electron chi connectivity index (χ4n) is 0.962. The van der Waals surface area contributed by atoms with Crippen molar-refractivity contribution < 1.29 is 31.9 Å². The van der Waals surface area contributed by atoms with Crippen molar-refractivity contribution >= 4 is 5.97 Å². The molecule has 0 amide bonds. The maximum atomic E-state index is 12.8. The van der Waals surface area contributed by atoms with Gasteiger partial charge in [0.05, 0.1) is 5.56 Å². The van der Waals surface area contributed by atoms with Gasteiger partial charge in [0.15, 0.2) is 0 Å². The molecule has 0 aromatic carbocycles. The van der Waals surface area contributed by atoms with Crippen LogP contribution in [0.15, 0.2) is 18.3 Å². The Balaban J connectivity index is 3.39. The molecule has 0 aliphatic heterocycles. The van der Waals surface area contributed by atoms with E-state index >= 15 is 0 Å². The van der Waals surface area contributed by atoms with Gasteiger partial charge in [-0.15, -0.1) is 0 Å². The topological polar surface area (TPSA) is 50.2 Å². The first-order chi connectivity index (χ1) is 7.18. The fourth-order valence-corrected chi connectivity index (χ4v) is 0.962. The van der Waals surface area contributed by atoms with Gasteiger partial charge in [0, 0.05) is 6.20 Å². The van der Waals surface area contributed by atoms with E-state index in [1.54, 1.807) is 0 Å². The maximum absolute atomic E-state index is 12.8. The van der Waals surface area contributed by atoms with Crippen LogP contribution in [0.3, 0.4) is 0 Å². The first-order valence-corrected chi connectivity index (χ1v) is 3.81. The minimum absolute atomic E-state index is 0.629. The predicted molar refractivity (Wildman–Crippen MR) is 41.1 cm³/mol. The van der Waals surface area contributed by atoms with Gasteiger partial charge in [0.2, 0.25) is 0 Å². The molecule has 0 aliphatic rings. The van der Waals surface area contributed by atoms with Crippen LogP contribution in [-0.4, -0.2) is 22.2 Å². The number of rotatable bonds is 2. The molecular formula is C8H4F5NO2. The zero-order valence-electron chi connectivity index (χ0n) is 7.42. The molecule has 16 heavy (non-hydrogen) atoms. The summed E-state index contributed by atoms with van der Waals surface area (Å²) in [5.41, 5.74) is -2.99. The normalized spacial score (nSPS) is 12.6. The highest BCUT2D eigenvalue weighted by Gasteiger charge is 2.61. The van der Waals surface area contributed by atoms with E-state index in [2.05, 4.69) is 4.98 Å². The predicted octanol–water partition coefficient (Wildman–Crippen LogP) is 2.43. The molecule has 0 unspecified atom stereocenters. The highest BCUT2D eigenvalue weighted by Crippen LogP contribution is 2.43. The fraction of sp³-hybridized carbons (Fsp3) is 0.250. The van der Waals surface area contributed by atoms with E-state index in [1.165, 1.54) is 0 Å². The molecule has 0 atom stereocenters. The SMILES string of the molecule is O=C(O)c1cccnc1C(F)(F)C(F)(F)F. The third kappa shape index (κ3) is 1.95. The van der Waals surface area contributed by atoms with Gasteiger partial charge in [-0.3, -0.25) is 4.98 Å². The summed E-state index contributed by atoms with van der Waals surface area (Å²) in [7, 11) is 0. The zero-order valence-corrected chi connectivity index (χ0v) is 7.42. The van der Waals surface area contributed by atoms with Gasteiger partial charge in [-0.1, -0.05) is 0 Å². The van der Waals surface area contributed by atoms with Crippen molar-refractivity contribution in [3.05, 3.63) is 29.6 Å². The van der Waals surface area contributed by atoms with Gasteiger partial charge in [-0.05, 0) is 12.1 Å². The molecule has 1 N–H and O–H groups in total. The summed E-state index contributed by atoms with van der Waals surface area (Å²) < 4.78 is 61.6. The quantitative estimate of drug-likeness (QED) is 0.809. The number of pyridine rings is 1. The Bertz CT molecular complexity index is 415. The molecule has 0 bridgehead atoms. The van der Waals surface area contributed by atoms with Crippen LogP contribution in [0.1, 0.15) is 16.1 Å². The average molecular weight is 241 g/mol. The van der Waals surface area contributed by atoms with Gasteiger partial charge in [-0.2, -0.15) is 22.0 Å². The van der Waals surface area contributed by atoms with E-state index in [9.17, 15) is 26.7 Å². The Morgan fingerprint density at radius 1 is 1.25 bits per heavy atom. The van der Waals surface area contributed by atoms with Gasteiger partial charge >= 0.3 is 18.1 Å². The average Bonchev–Trinajstić information content (AvgIpc) is 2.16. The second-order valence-electron chi connectivity index (χ2n) is 2.78. The number of nitrogens with zero attached hydrogens (tertiary/aromatic N) is 1. The number of aromatic carboxylic acids is 1. The molecule has 0 radical (unpaired) electrons. The summed E-state index contributed by atoms with van der Waals surface area (Å²) in [5.74, 6) is -7.19. The van der Waals surface area contributed by atoms with Crippen molar-refractivity contribution in [3.8, 4) is 0 Å². The summed E-state index contributed by atoms with van der Waals surface area (Å²) in [6, 6.07) is 1.59. The molecule has 8 heteroatoms. The first-order valence-electron chi connectivity index (χ1n) is 3.81. The Morgan fingerprint density at radius 3 is 2.25 bits per heavy atom. The van der Waals surface area contributed by atoms with E-state index < -0.39 is 29.3 Å². The molecule has 3 nitrogen and oxygen atoms in total. The van der Waals surface area contributed by atoms with Crippen LogP contribution in [0.5, 0.6) is 0 Å². The summed E-state index contributed by atoms with van der Waals surface area (Å²) in [4.78, 5) is 13.2. The lowest BCUT2D eigenvalue weighted by Gasteiger charge is -2.19. The molecule has 1 heterocycles. The van der Waals surface area contributed by atoms with Crippen LogP contribution >= 0.6 is 0 Å². The summed E-state index contributed by atoms with van der Waals surface area (Å²) in [6.07, 6.45) is -5.22. The van der Waals surface area contributed by atoms with E-state index in [4.69, 9.17) is 5.11 Å². The lowest BCUT2D eigenvalue weighted by molar-refractivity contribution is -0.291. The minimum Gasteiger partial charge on any atom is -0.478 e. The molecule has 88 valence electrons. The van der Waals surface area contributed by atoms with Crippen molar-refractivity contribution in [2.75, 3.05) is 0 Å². The van der Waals surface area contributed by atoms with Crippen LogP contribution in [0.2, 0.25) is 0 Å². The molecule has 0 aliphatic carbocycles. The standard InChI is InChI=1S/C8H4F5NO2/c9-7(10,8(11,12)13)5-4(6(15)16)2-1-3-14-5/h1-3H,(H,15,16). The molecule has 0 saturated carbocycles. The number of halogens is 5. The van der Waals surface area contributed by atoms with E-state index in [0.29, 0.717) is 12.3 Å². The second-order valence-corrected chi connectivity index (χ2v) is 2.78. The number of aromatic nitrogens is 1. The Kier molecular flexibility index (Phi) is 2.85. The van der Waals surface area contributed by atoms with Crippen molar-refractivity contribution in [1.82, 2.24) is 4.98 Å². The number of carboxylic acids is 1. The number of hydrogen-bond donors (Lipinski definition) is 1. The van der Waals surface area contributed by atoms with Gasteiger partial charge in [-0.25, -0.2) is 4.79 Å². The molecule has 1 aromatic heterocycles. The molecule has 0 fully saturated rings. The summed E-state index contributed by atoms with van der Waals surface area (Å²) >= 11 is 0. The Morgan fingerprint density at radius 2 is 1.81 bits per heavy atom. The van der Waals surface area contributed by atoms with Crippen molar-refractivity contribution in [2.45, 2.75) is 12.1 Å². The van der Waals surface area contributed by atoms with Gasteiger partial charge in [0.25, 0.3) is 0 Å². The molecule has 0 saturated heterocycles. The van der Waals surface area contributed by atoms with Crippen LogP contribution in [0.4, 0.5) is 22.0 Å². The third-order valence-electron chi connectivity index (χ3n) is 1.69. The van der Waals surface area contributed by atoms with Crippen LogP contribution in [0.25, 0.3) is 0 Å². The number of hydrogen-bond acceptors (Lipinski definition) is 2. The summed E-state index contributed by atoms with van der Waals surface area (Å²) in [5, 5.41) is 8.45. The van der Waals surface area contributed by atoms with Gasteiger partial charge < -0.3 is 5.11 Å². The highest BCUT2D eigenvalue weighted by atomic mass is 19.4. The van der Waals surface area contributed by atoms with Crippen molar-refractivity contribution in [2.24, 2.45) is 0 Å². The third-order valence-corrected chi connectivity index (χ3v) is 1.69. The monoisotopic (exact) mass is 241 g/mol. The largest absolute Gasteiger partial charge is 0.478 e. The first kappa shape index (κ1) is 12.3. The Labute approximate surface area is 85.5 Å². The van der Waals surface area contributed by atoms with Gasteiger partial charge in [0.1, 0.15) is 5.69 Å². The van der Waals surface area contributed by atoms with Crippen molar-refractivity contribution in [3.63, 3.8) is 0 Å². The Hall–Kier alpha value is -1.73. The van der Waals surface area contributed by atoms with Crippen molar-refractivity contribution in [1.29, 1.82) is 0 Å². The lowest BCUT2D eigenvalue weighted by atomic mass is 10.1. The smallest absolute Gasteiger partial charge is 0.459 e. The van der Waals surface area contributed by atoms with E-state index in [-0.39, 0.29) is 0 Å². The minimum atomic E-state index is -5.88. The number of carboxylic acid groups (broad SMARTS) is 1. The maximum Gasteiger partial charge on any atom is 0.459 e. The van der Waals surface area contributed by atoms with Crippen LogP contribution in [0, 0.1) is 0 Å². The molecular weight excluding hydrogens is 237 g/mol. The number of alkyl halides is 5. The molecule has 0 spiro atoms. The number of carbonyl (C=O) groups is 1. The lowest BCUT2D eigenvalue weighted by Crippen LogP contribution is -2.36. The van der Waals surface area contributed by atoms with E-state index in [0.717, 1.165) is 6.07 Å². The van der Waals surface area contributed by atoms with Crippen LogP contribution in [-0.2, 0) is 5.92 Å². The molecule has 1 rings (SSSR count). The highest BCUT2D eigenvalue weighted by molar-refractivity contribution is 5.89. The second kappa shape index (κ2) is 3.69. The molecule has 1 aromatic rings. The van der Waals surface area contributed by atoms with E-state index in [1.807, 2.05) is 0 Å². The van der Waals surface area contributed by atoms with Crippen LogP contribution < -0.4 is 0 Å².